The number of carbonyl (C=O) groups is 1. The monoisotopic (exact) mass is 519 g/mol. The summed E-state index contributed by atoms with van der Waals surface area (Å²) in [6.45, 7) is 4.26. The Morgan fingerprint density at radius 1 is 1.15 bits per heavy atom. The lowest BCUT2D eigenvalue weighted by Crippen LogP contribution is -2.38. The van der Waals surface area contributed by atoms with Crippen molar-refractivity contribution in [2.45, 2.75) is 43.4 Å². The van der Waals surface area contributed by atoms with Gasteiger partial charge in [0.1, 0.15) is 0 Å². The van der Waals surface area contributed by atoms with Gasteiger partial charge in [0.2, 0.25) is 5.91 Å². The van der Waals surface area contributed by atoms with Crippen LogP contribution in [0.4, 0.5) is 0 Å². The summed E-state index contributed by atoms with van der Waals surface area (Å²) in [4.78, 5) is 21.8. The van der Waals surface area contributed by atoms with Crippen molar-refractivity contribution in [2.75, 3.05) is 25.4 Å². The number of halogens is 1. The van der Waals surface area contributed by atoms with E-state index in [1.54, 1.807) is 47.7 Å². The number of fused-ring (bicyclic) bond motifs is 1. The van der Waals surface area contributed by atoms with E-state index in [4.69, 9.17) is 11.6 Å². The summed E-state index contributed by atoms with van der Waals surface area (Å²) in [7, 11) is -1.53. The van der Waals surface area contributed by atoms with Gasteiger partial charge in [-0.15, -0.1) is 11.3 Å². The van der Waals surface area contributed by atoms with Crippen LogP contribution in [-0.2, 0) is 21.7 Å². The lowest BCUT2D eigenvalue weighted by molar-refractivity contribution is -0.131. The Bertz CT molecular complexity index is 1350. The predicted octanol–water partition coefficient (Wildman–Crippen LogP) is 4.77. The molecule has 182 valence electrons. The van der Waals surface area contributed by atoms with Crippen LogP contribution in [0.1, 0.15) is 43.4 Å². The van der Waals surface area contributed by atoms with Crippen molar-refractivity contribution in [3.8, 4) is 0 Å². The highest BCUT2D eigenvalue weighted by Gasteiger charge is 2.26. The average molecular weight is 520 g/mol. The first-order chi connectivity index (χ1) is 16.3. The molecule has 4 rings (SSSR count). The third kappa shape index (κ3) is 5.73. The van der Waals surface area contributed by atoms with Crippen LogP contribution in [0.3, 0.4) is 0 Å². The fourth-order valence-electron chi connectivity index (χ4n) is 4.29. The Hall–Kier alpha value is -2.16. The van der Waals surface area contributed by atoms with Gasteiger partial charge in [0.05, 0.1) is 10.6 Å². The Labute approximate surface area is 209 Å². The molecule has 0 saturated carbocycles. The summed E-state index contributed by atoms with van der Waals surface area (Å²) in [5.74, 6) is 0.138. The van der Waals surface area contributed by atoms with E-state index < -0.39 is 9.84 Å². The molecule has 1 aliphatic heterocycles. The normalized spacial score (nSPS) is 15.9. The number of aromatic nitrogens is 1. The van der Waals surface area contributed by atoms with Gasteiger partial charge in [0, 0.05) is 49.2 Å². The zero-order valence-electron chi connectivity index (χ0n) is 19.5. The van der Waals surface area contributed by atoms with Crippen LogP contribution < -0.4 is 4.80 Å². The second-order valence-electron chi connectivity index (χ2n) is 8.79. The molecule has 9 heteroatoms. The van der Waals surface area contributed by atoms with E-state index in [0.29, 0.717) is 24.0 Å². The molecule has 0 unspecified atom stereocenters. The van der Waals surface area contributed by atoms with Crippen molar-refractivity contribution in [3.05, 3.63) is 57.3 Å². The van der Waals surface area contributed by atoms with Crippen molar-refractivity contribution >= 4 is 49.5 Å². The molecule has 0 radical (unpaired) electrons. The van der Waals surface area contributed by atoms with Gasteiger partial charge in [0.15, 0.2) is 14.6 Å². The van der Waals surface area contributed by atoms with Crippen molar-refractivity contribution in [3.63, 3.8) is 0 Å². The number of sulfone groups is 1. The number of benzene rings is 2. The number of aryl methyl sites for hydroxylation is 1. The molecule has 2 aromatic carbocycles. The minimum absolute atomic E-state index is 0.000334. The molecule has 0 bridgehead atoms. The molecule has 0 atom stereocenters. The summed E-state index contributed by atoms with van der Waals surface area (Å²) < 4.78 is 27.8. The van der Waals surface area contributed by atoms with Gasteiger partial charge in [-0.25, -0.2) is 8.42 Å². The number of thiazole rings is 1. The molecular weight excluding hydrogens is 490 g/mol. The van der Waals surface area contributed by atoms with Gasteiger partial charge in [-0.3, -0.25) is 9.79 Å². The number of carbonyl (C=O) groups excluding carboxylic acids is 1. The Morgan fingerprint density at radius 2 is 1.85 bits per heavy atom. The van der Waals surface area contributed by atoms with Crippen molar-refractivity contribution in [2.24, 2.45) is 12.0 Å². The molecule has 1 aliphatic rings. The number of hydrogen-bond acceptors (Lipinski definition) is 5. The standard InChI is InChI=1S/C25H30ClN3O3S2/c1-3-11-27-25-28(2)17-23(33-25)18-8-12-29(13-9-18)24(30)10-14-34(31,32)22-7-5-19-15-21(26)6-4-20(19)16-22/h4-7,15-18H,3,8-14H2,1-2H3/b27-25-. The zero-order chi connectivity index (χ0) is 24.3. The third-order valence-corrected chi connectivity index (χ3v) is 9.49. The second kappa shape index (κ2) is 10.6. The van der Waals surface area contributed by atoms with Crippen LogP contribution in [0.25, 0.3) is 10.8 Å². The molecule has 1 amide bonds. The minimum Gasteiger partial charge on any atom is -0.343 e. The van der Waals surface area contributed by atoms with Crippen molar-refractivity contribution < 1.29 is 13.2 Å². The van der Waals surface area contributed by atoms with Crippen molar-refractivity contribution in [1.82, 2.24) is 9.47 Å². The van der Waals surface area contributed by atoms with Gasteiger partial charge in [-0.05, 0) is 60.2 Å². The van der Waals surface area contributed by atoms with Gasteiger partial charge >= 0.3 is 0 Å². The zero-order valence-corrected chi connectivity index (χ0v) is 21.9. The number of rotatable bonds is 7. The molecule has 6 nitrogen and oxygen atoms in total. The van der Waals surface area contributed by atoms with E-state index in [1.165, 1.54) is 4.88 Å². The molecular formula is C25H30ClN3O3S2. The minimum atomic E-state index is -3.55. The molecule has 34 heavy (non-hydrogen) atoms. The summed E-state index contributed by atoms with van der Waals surface area (Å²) >= 11 is 7.75. The topological polar surface area (TPSA) is 71.7 Å². The Balaban J connectivity index is 1.34. The highest BCUT2D eigenvalue weighted by molar-refractivity contribution is 7.91. The maximum Gasteiger partial charge on any atom is 0.223 e. The van der Waals surface area contributed by atoms with Gasteiger partial charge < -0.3 is 9.47 Å². The molecule has 1 aromatic heterocycles. The van der Waals surface area contributed by atoms with E-state index in [-0.39, 0.29) is 23.0 Å². The van der Waals surface area contributed by atoms with E-state index in [2.05, 4.69) is 22.7 Å². The van der Waals surface area contributed by atoms with E-state index in [1.807, 2.05) is 11.9 Å². The smallest absolute Gasteiger partial charge is 0.223 e. The Morgan fingerprint density at radius 3 is 2.59 bits per heavy atom. The molecule has 0 N–H and O–H groups in total. The van der Waals surface area contributed by atoms with Crippen LogP contribution in [0, 0.1) is 0 Å². The molecule has 2 heterocycles. The third-order valence-electron chi connectivity index (χ3n) is 6.27. The number of likely N-dealkylation sites (tertiary alicyclic amines) is 1. The fraction of sp³-hybridized carbons (Fsp3) is 0.440. The quantitative estimate of drug-likeness (QED) is 0.451. The first kappa shape index (κ1) is 24.9. The molecule has 3 aromatic rings. The number of hydrogen-bond donors (Lipinski definition) is 0. The molecule has 1 fully saturated rings. The highest BCUT2D eigenvalue weighted by atomic mass is 35.5. The van der Waals surface area contributed by atoms with Crippen LogP contribution in [0.5, 0.6) is 0 Å². The fourth-order valence-corrected chi connectivity index (χ4v) is 6.91. The lowest BCUT2D eigenvalue weighted by Gasteiger charge is -2.31. The summed E-state index contributed by atoms with van der Waals surface area (Å²) in [6, 6.07) is 10.3. The molecule has 0 spiro atoms. The Kier molecular flexibility index (Phi) is 7.80. The maximum atomic E-state index is 12.9. The molecule has 0 aliphatic carbocycles. The van der Waals surface area contributed by atoms with Gasteiger partial charge in [-0.1, -0.05) is 30.7 Å². The second-order valence-corrected chi connectivity index (χ2v) is 12.4. The summed E-state index contributed by atoms with van der Waals surface area (Å²) in [5.41, 5.74) is 0. The first-order valence-corrected chi connectivity index (χ1v) is 14.5. The van der Waals surface area contributed by atoms with Crippen LogP contribution >= 0.6 is 22.9 Å². The van der Waals surface area contributed by atoms with Crippen LogP contribution in [0.2, 0.25) is 5.02 Å². The summed E-state index contributed by atoms with van der Waals surface area (Å²) in [6.07, 6.45) is 4.96. The van der Waals surface area contributed by atoms with Gasteiger partial charge in [0.25, 0.3) is 0 Å². The molecule has 1 saturated heterocycles. The average Bonchev–Trinajstić information content (AvgIpc) is 3.21. The largest absolute Gasteiger partial charge is 0.343 e. The maximum absolute atomic E-state index is 12.9. The number of piperidine rings is 1. The van der Waals surface area contributed by atoms with E-state index in [9.17, 15) is 13.2 Å². The number of nitrogens with zero attached hydrogens (tertiary/aromatic N) is 3. The highest BCUT2D eigenvalue weighted by Crippen LogP contribution is 2.30. The first-order valence-electron chi connectivity index (χ1n) is 11.6. The van der Waals surface area contributed by atoms with E-state index in [0.717, 1.165) is 41.4 Å². The SMILES string of the molecule is CCC/N=c1\sc(C2CCN(C(=O)CCS(=O)(=O)c3ccc4cc(Cl)ccc4c3)CC2)cn1C. The lowest BCUT2D eigenvalue weighted by atomic mass is 9.95. The van der Waals surface area contributed by atoms with Crippen LogP contribution in [-0.4, -0.2) is 49.2 Å². The van der Waals surface area contributed by atoms with Crippen molar-refractivity contribution in [1.29, 1.82) is 0 Å². The van der Waals surface area contributed by atoms with Gasteiger partial charge in [-0.2, -0.15) is 0 Å². The predicted molar refractivity (Wildman–Crippen MR) is 138 cm³/mol. The van der Waals surface area contributed by atoms with E-state index >= 15 is 0 Å². The summed E-state index contributed by atoms with van der Waals surface area (Å²) in [5, 5.41) is 2.31. The number of amides is 1. The van der Waals surface area contributed by atoms with Crippen LogP contribution in [0.15, 0.2) is 52.5 Å².